The average molecular weight is 247 g/mol. The monoisotopic (exact) mass is 247 g/mol. The predicted molar refractivity (Wildman–Crippen MR) is 66.9 cm³/mol. The molecular formula is C13H14FN3O. The van der Waals surface area contributed by atoms with Gasteiger partial charge in [-0.25, -0.2) is 4.39 Å². The van der Waals surface area contributed by atoms with Crippen molar-refractivity contribution in [3.63, 3.8) is 0 Å². The molecule has 2 rings (SSSR count). The number of hydrogen-bond donors (Lipinski definition) is 1. The summed E-state index contributed by atoms with van der Waals surface area (Å²) in [4.78, 5) is 8.18. The fourth-order valence-corrected chi connectivity index (χ4v) is 1.45. The third kappa shape index (κ3) is 3.16. The summed E-state index contributed by atoms with van der Waals surface area (Å²) in [5.41, 5.74) is 0.494. The summed E-state index contributed by atoms with van der Waals surface area (Å²) in [6, 6.07) is 6.49. The summed E-state index contributed by atoms with van der Waals surface area (Å²) < 4.78 is 18.8. The van der Waals surface area contributed by atoms with Gasteiger partial charge in [-0.1, -0.05) is 18.2 Å². The Bertz CT molecular complexity index is 519. The van der Waals surface area contributed by atoms with Gasteiger partial charge in [0, 0.05) is 12.1 Å². The molecule has 1 N–H and O–H groups in total. The highest BCUT2D eigenvalue weighted by atomic mass is 19.1. The zero-order valence-corrected chi connectivity index (χ0v) is 10.1. The predicted octanol–water partition coefficient (Wildman–Crippen LogP) is 2.63. The lowest BCUT2D eigenvalue weighted by Crippen LogP contribution is -2.03. The van der Waals surface area contributed by atoms with Crippen LogP contribution in [0.3, 0.4) is 0 Å². The van der Waals surface area contributed by atoms with Crippen LogP contribution in [0.4, 0.5) is 10.2 Å². The van der Waals surface area contributed by atoms with E-state index in [-0.39, 0.29) is 12.4 Å². The van der Waals surface area contributed by atoms with E-state index in [9.17, 15) is 4.39 Å². The van der Waals surface area contributed by atoms with Gasteiger partial charge < -0.3 is 10.1 Å². The molecule has 0 saturated carbocycles. The van der Waals surface area contributed by atoms with Crippen LogP contribution in [0.25, 0.3) is 0 Å². The summed E-state index contributed by atoms with van der Waals surface area (Å²) in [6.07, 6.45) is 3.11. The fraction of sp³-hybridized carbons (Fsp3) is 0.231. The number of nitrogens with zero attached hydrogens (tertiary/aromatic N) is 2. The van der Waals surface area contributed by atoms with Gasteiger partial charge in [-0.3, -0.25) is 4.98 Å². The standard InChI is InChI=1S/C13H14FN3O/c1-2-16-12-7-15-8-13(17-12)18-9-10-5-3-4-6-11(10)14/h3-8H,2,9H2,1H3,(H,16,17). The number of ether oxygens (including phenoxy) is 1. The topological polar surface area (TPSA) is 47.0 Å². The molecule has 1 heterocycles. The SMILES string of the molecule is CCNc1cncc(OCc2ccccc2F)n1. The normalized spacial score (nSPS) is 10.1. The third-order valence-electron chi connectivity index (χ3n) is 2.30. The maximum atomic E-state index is 13.4. The number of halogens is 1. The number of nitrogens with one attached hydrogen (secondary N) is 1. The highest BCUT2D eigenvalue weighted by molar-refractivity contribution is 5.32. The summed E-state index contributed by atoms with van der Waals surface area (Å²) in [7, 11) is 0. The molecule has 0 radical (unpaired) electrons. The number of anilines is 1. The Balaban J connectivity index is 2.02. The minimum atomic E-state index is -0.284. The van der Waals surface area contributed by atoms with Crippen LogP contribution in [0.1, 0.15) is 12.5 Å². The molecule has 0 spiro atoms. The van der Waals surface area contributed by atoms with Crippen molar-refractivity contribution in [3.05, 3.63) is 48.0 Å². The fourth-order valence-electron chi connectivity index (χ4n) is 1.45. The molecule has 2 aromatic rings. The molecule has 1 aromatic heterocycles. The Morgan fingerprint density at radius 2 is 2.11 bits per heavy atom. The van der Waals surface area contributed by atoms with Crippen molar-refractivity contribution < 1.29 is 9.13 Å². The van der Waals surface area contributed by atoms with Crippen LogP contribution >= 0.6 is 0 Å². The molecule has 0 aliphatic heterocycles. The van der Waals surface area contributed by atoms with Gasteiger partial charge in [-0.05, 0) is 13.0 Å². The molecule has 1 aromatic carbocycles. The van der Waals surface area contributed by atoms with Crippen molar-refractivity contribution in [3.8, 4) is 5.88 Å². The summed E-state index contributed by atoms with van der Waals surface area (Å²) in [6.45, 7) is 2.86. The Kier molecular flexibility index (Phi) is 4.06. The van der Waals surface area contributed by atoms with Gasteiger partial charge in [0.05, 0.1) is 12.4 Å². The maximum absolute atomic E-state index is 13.4. The molecule has 18 heavy (non-hydrogen) atoms. The molecule has 0 saturated heterocycles. The molecule has 0 aliphatic rings. The van der Waals surface area contributed by atoms with E-state index in [2.05, 4.69) is 15.3 Å². The van der Waals surface area contributed by atoms with E-state index in [1.165, 1.54) is 12.3 Å². The zero-order valence-electron chi connectivity index (χ0n) is 10.1. The van der Waals surface area contributed by atoms with Crippen LogP contribution < -0.4 is 10.1 Å². The molecule has 94 valence electrons. The van der Waals surface area contributed by atoms with Gasteiger partial charge in [-0.15, -0.1) is 0 Å². The second-order valence-corrected chi connectivity index (χ2v) is 3.65. The molecule has 0 unspecified atom stereocenters. The second kappa shape index (κ2) is 5.95. The van der Waals surface area contributed by atoms with Crippen LogP contribution in [0.5, 0.6) is 5.88 Å². The van der Waals surface area contributed by atoms with Crippen molar-refractivity contribution in [2.24, 2.45) is 0 Å². The van der Waals surface area contributed by atoms with Crippen molar-refractivity contribution in [1.82, 2.24) is 9.97 Å². The lowest BCUT2D eigenvalue weighted by Gasteiger charge is -2.07. The first-order valence-corrected chi connectivity index (χ1v) is 5.71. The Hall–Kier alpha value is -2.17. The molecule has 4 nitrogen and oxygen atoms in total. The Labute approximate surface area is 105 Å². The molecule has 0 atom stereocenters. The highest BCUT2D eigenvalue weighted by Gasteiger charge is 2.03. The summed E-state index contributed by atoms with van der Waals surface area (Å²) >= 11 is 0. The number of hydrogen-bond acceptors (Lipinski definition) is 4. The summed E-state index contributed by atoms with van der Waals surface area (Å²) in [5.74, 6) is 0.730. The second-order valence-electron chi connectivity index (χ2n) is 3.65. The van der Waals surface area contributed by atoms with Crippen LogP contribution in [-0.2, 0) is 6.61 Å². The average Bonchev–Trinajstić information content (AvgIpc) is 2.39. The first kappa shape index (κ1) is 12.3. The third-order valence-corrected chi connectivity index (χ3v) is 2.30. The number of rotatable bonds is 5. The van der Waals surface area contributed by atoms with E-state index in [4.69, 9.17) is 4.74 Å². The molecule has 0 fully saturated rings. The minimum Gasteiger partial charge on any atom is -0.472 e. The van der Waals surface area contributed by atoms with Gasteiger partial charge in [0.2, 0.25) is 5.88 Å². The first-order chi connectivity index (χ1) is 8.79. The smallest absolute Gasteiger partial charge is 0.234 e. The summed E-state index contributed by atoms with van der Waals surface area (Å²) in [5, 5.41) is 3.03. The van der Waals surface area contributed by atoms with Gasteiger partial charge in [-0.2, -0.15) is 4.98 Å². The van der Waals surface area contributed by atoms with Crippen LogP contribution in [0, 0.1) is 5.82 Å². The maximum Gasteiger partial charge on any atom is 0.234 e. The molecule has 0 amide bonds. The molecular weight excluding hydrogens is 233 g/mol. The van der Waals surface area contributed by atoms with Crippen LogP contribution in [0.2, 0.25) is 0 Å². The van der Waals surface area contributed by atoms with E-state index in [0.29, 0.717) is 17.3 Å². The van der Waals surface area contributed by atoms with Crippen molar-refractivity contribution in [2.75, 3.05) is 11.9 Å². The number of benzene rings is 1. The number of aromatic nitrogens is 2. The van der Waals surface area contributed by atoms with Gasteiger partial charge in [0.25, 0.3) is 0 Å². The van der Waals surface area contributed by atoms with Crippen molar-refractivity contribution >= 4 is 5.82 Å². The van der Waals surface area contributed by atoms with Gasteiger partial charge in [0.15, 0.2) is 0 Å². The first-order valence-electron chi connectivity index (χ1n) is 5.71. The van der Waals surface area contributed by atoms with Crippen molar-refractivity contribution in [1.29, 1.82) is 0 Å². The van der Waals surface area contributed by atoms with Crippen LogP contribution in [-0.4, -0.2) is 16.5 Å². The Morgan fingerprint density at radius 1 is 1.28 bits per heavy atom. The Morgan fingerprint density at radius 3 is 2.89 bits per heavy atom. The lowest BCUT2D eigenvalue weighted by atomic mass is 10.2. The largest absolute Gasteiger partial charge is 0.472 e. The van der Waals surface area contributed by atoms with Crippen molar-refractivity contribution in [2.45, 2.75) is 13.5 Å². The zero-order chi connectivity index (χ0) is 12.8. The highest BCUT2D eigenvalue weighted by Crippen LogP contribution is 2.13. The van der Waals surface area contributed by atoms with Crippen LogP contribution in [0.15, 0.2) is 36.7 Å². The van der Waals surface area contributed by atoms with E-state index in [0.717, 1.165) is 6.54 Å². The van der Waals surface area contributed by atoms with Gasteiger partial charge >= 0.3 is 0 Å². The molecule has 5 heteroatoms. The van der Waals surface area contributed by atoms with E-state index in [1.54, 1.807) is 24.4 Å². The lowest BCUT2D eigenvalue weighted by molar-refractivity contribution is 0.287. The minimum absolute atomic E-state index is 0.136. The quantitative estimate of drug-likeness (QED) is 0.882. The molecule has 0 bridgehead atoms. The molecule has 0 aliphatic carbocycles. The van der Waals surface area contributed by atoms with E-state index >= 15 is 0 Å². The van der Waals surface area contributed by atoms with E-state index in [1.807, 2.05) is 6.92 Å². The van der Waals surface area contributed by atoms with Gasteiger partial charge in [0.1, 0.15) is 18.2 Å². The van der Waals surface area contributed by atoms with E-state index < -0.39 is 0 Å².